The Morgan fingerprint density at radius 1 is 0.943 bits per heavy atom. The van der Waals surface area contributed by atoms with E-state index in [9.17, 15) is 19.5 Å². The maximum absolute atomic E-state index is 14.9. The zero-order chi connectivity index (χ0) is 36.9. The molecule has 0 bridgehead atoms. The molecular formula is C41H42N6O5Si. The van der Waals surface area contributed by atoms with Gasteiger partial charge in [-0.15, -0.1) is 5.10 Å². The van der Waals surface area contributed by atoms with Crippen molar-refractivity contribution in [3.8, 4) is 5.69 Å². The van der Waals surface area contributed by atoms with Crippen LogP contribution in [0, 0.1) is 5.92 Å². The molecular weight excluding hydrogens is 685 g/mol. The number of anilines is 1. The molecule has 0 aliphatic carbocycles. The van der Waals surface area contributed by atoms with E-state index in [0.717, 1.165) is 27.8 Å². The number of carbonyl (C=O) groups is 1. The quantitative estimate of drug-likeness (QED) is 0.176. The fourth-order valence-electron chi connectivity index (χ4n) is 8.60. The number of aliphatic hydroxyl groups is 1. The molecule has 2 aliphatic rings. The molecule has 4 aromatic carbocycles. The molecule has 2 N–H and O–H groups in total. The first kappa shape index (κ1) is 34.8. The molecule has 1 saturated heterocycles. The van der Waals surface area contributed by atoms with Crippen LogP contribution in [0.15, 0.2) is 120 Å². The minimum Gasteiger partial charge on any atom is -0.432 e. The highest BCUT2D eigenvalue weighted by atomic mass is 28.4. The Hall–Kier alpha value is -5.27. The number of fused-ring (bicyclic) bond motifs is 3. The fraction of sp³-hybridized carbons (Fsp3) is 0.293. The predicted octanol–water partition coefficient (Wildman–Crippen LogP) is 5.54. The number of carbonyl (C=O) groups excluding carboxylic acids is 1. The molecule has 1 spiro atoms. The topological polar surface area (TPSA) is 136 Å². The molecule has 8 rings (SSSR count). The zero-order valence-corrected chi connectivity index (χ0v) is 30.9. The van der Waals surface area contributed by atoms with Crippen LogP contribution in [0.4, 0.5) is 5.69 Å². The summed E-state index contributed by atoms with van der Waals surface area (Å²) in [6.07, 6.45) is 3.63. The van der Waals surface area contributed by atoms with Crippen LogP contribution in [0.5, 0.6) is 0 Å². The Kier molecular flexibility index (Phi) is 8.93. The molecule has 1 fully saturated rings. The molecule has 270 valence electrons. The fourth-order valence-corrected chi connectivity index (χ4v) is 11.2. The van der Waals surface area contributed by atoms with Crippen LogP contribution in [-0.2, 0) is 28.2 Å². The third kappa shape index (κ3) is 6.01. The van der Waals surface area contributed by atoms with Gasteiger partial charge >= 0.3 is 0 Å². The summed E-state index contributed by atoms with van der Waals surface area (Å²) in [4.78, 5) is 41.8. The van der Waals surface area contributed by atoms with Gasteiger partial charge in [-0.3, -0.25) is 14.3 Å². The molecule has 0 radical (unpaired) electrons. The number of nitrogens with zero attached hydrogens (tertiary/aromatic N) is 6. The van der Waals surface area contributed by atoms with E-state index < -0.39 is 20.0 Å². The summed E-state index contributed by atoms with van der Waals surface area (Å²) in [5, 5.41) is 24.7. The second kappa shape index (κ2) is 13.6. The van der Waals surface area contributed by atoms with Crippen LogP contribution in [0.2, 0.25) is 18.6 Å². The van der Waals surface area contributed by atoms with E-state index in [2.05, 4.69) is 15.4 Å². The average Bonchev–Trinajstić information content (AvgIpc) is 3.82. The van der Waals surface area contributed by atoms with E-state index in [0.29, 0.717) is 29.7 Å². The molecule has 6 aromatic rings. The summed E-state index contributed by atoms with van der Waals surface area (Å²) in [7, 11) is -2.88. The van der Waals surface area contributed by atoms with Crippen molar-refractivity contribution >= 4 is 30.7 Å². The summed E-state index contributed by atoms with van der Waals surface area (Å²) in [5.74, 6) is -0.774. The van der Waals surface area contributed by atoms with Gasteiger partial charge in [0, 0.05) is 35.2 Å². The molecule has 2 aliphatic heterocycles. The van der Waals surface area contributed by atoms with Gasteiger partial charge < -0.3 is 19.5 Å². The summed E-state index contributed by atoms with van der Waals surface area (Å²) in [6.45, 7) is 6.49. The van der Waals surface area contributed by atoms with Gasteiger partial charge in [-0.2, -0.15) is 9.78 Å². The van der Waals surface area contributed by atoms with Crippen LogP contribution >= 0.6 is 0 Å². The number of aliphatic hydroxyl groups excluding tert-OH is 1. The molecule has 1 amide bonds. The van der Waals surface area contributed by atoms with Gasteiger partial charge in [0.15, 0.2) is 13.9 Å². The lowest BCUT2D eigenvalue weighted by Gasteiger charge is -2.32. The van der Waals surface area contributed by atoms with E-state index >= 15 is 0 Å². The second-order valence-corrected chi connectivity index (χ2v) is 18.7. The smallest absolute Gasteiger partial charge is 0.279 e. The first-order chi connectivity index (χ1) is 25.6. The lowest BCUT2D eigenvalue weighted by atomic mass is 9.82. The number of hydrogen-bond donors (Lipinski definition) is 2. The maximum atomic E-state index is 14.9. The number of aromatic nitrogens is 5. The highest BCUT2D eigenvalue weighted by molar-refractivity contribution is 6.71. The molecule has 0 saturated carbocycles. The van der Waals surface area contributed by atoms with Gasteiger partial charge in [0.1, 0.15) is 0 Å². The highest BCUT2D eigenvalue weighted by Gasteiger charge is 2.66. The number of hydrogen-bond acceptors (Lipinski definition) is 8. The van der Waals surface area contributed by atoms with Crippen LogP contribution in [0.25, 0.3) is 16.5 Å². The van der Waals surface area contributed by atoms with Gasteiger partial charge in [0.2, 0.25) is 0 Å². The minimum atomic E-state index is -2.88. The SMILES string of the molecule is C[C@H]1[C@H]([Si](C)(C)O)[C@@H](CCn2cc(C(CO)c3ccccc3)nn2)O[C@]12C(=O)N(Cc1cccc(-n3ncc4ccccc4c3=O)c1)c1ccccc12. The number of benzene rings is 4. The van der Waals surface area contributed by atoms with E-state index in [1.54, 1.807) is 21.8 Å². The predicted molar refractivity (Wildman–Crippen MR) is 204 cm³/mol. The van der Waals surface area contributed by atoms with Gasteiger partial charge in [-0.1, -0.05) is 91.0 Å². The summed E-state index contributed by atoms with van der Waals surface area (Å²) in [6, 6.07) is 32.4. The van der Waals surface area contributed by atoms with Crippen molar-refractivity contribution in [2.45, 2.75) is 62.7 Å². The van der Waals surface area contributed by atoms with Crippen LogP contribution < -0.4 is 10.5 Å². The standard InChI is InChI=1S/C41H42N6O5Si/c1-27-38(53(2,3)51)37(20-21-45-25-35(43-44-45)33(26-48)29-13-5-4-6-14-29)52-41(27)34-18-9-10-19-36(34)46(40(41)50)24-28-12-11-16-31(22-28)47-39(49)32-17-8-7-15-30(32)23-42-47/h4-19,22-23,25,27,33,37-38,48,51H,20-21,24,26H2,1-3H3/t27-,33?,37+,38-,41+/m0/s1. The minimum absolute atomic E-state index is 0.0952. The third-order valence-corrected chi connectivity index (χ3v) is 13.5. The van der Waals surface area contributed by atoms with Crippen LogP contribution in [-0.4, -0.2) is 61.6 Å². The maximum Gasteiger partial charge on any atom is 0.279 e. The van der Waals surface area contributed by atoms with Crippen molar-refractivity contribution in [1.29, 1.82) is 0 Å². The lowest BCUT2D eigenvalue weighted by Crippen LogP contribution is -2.46. The van der Waals surface area contributed by atoms with Crippen molar-refractivity contribution < 1.29 is 19.4 Å². The van der Waals surface area contributed by atoms with E-state index in [1.165, 1.54) is 4.68 Å². The number of ether oxygens (including phenoxy) is 1. The van der Waals surface area contributed by atoms with E-state index in [1.807, 2.05) is 123 Å². The molecule has 4 heterocycles. The normalized spacial score (nSPS) is 21.8. The average molecular weight is 727 g/mol. The Morgan fingerprint density at radius 2 is 1.70 bits per heavy atom. The Bertz CT molecular complexity index is 2360. The molecule has 11 nitrogen and oxygen atoms in total. The number of rotatable bonds is 10. The number of amides is 1. The highest BCUT2D eigenvalue weighted by Crippen LogP contribution is 2.59. The molecule has 5 atom stereocenters. The van der Waals surface area contributed by atoms with Crippen molar-refractivity contribution in [2.75, 3.05) is 11.5 Å². The van der Waals surface area contributed by atoms with Gasteiger partial charge in [0.05, 0.1) is 53.8 Å². The lowest BCUT2D eigenvalue weighted by molar-refractivity contribution is -0.146. The second-order valence-electron chi connectivity index (χ2n) is 14.7. The van der Waals surface area contributed by atoms with Crippen molar-refractivity contribution in [2.24, 2.45) is 5.92 Å². The van der Waals surface area contributed by atoms with Crippen molar-refractivity contribution in [3.63, 3.8) is 0 Å². The molecule has 12 heteroatoms. The molecule has 1 unspecified atom stereocenters. The summed E-state index contributed by atoms with van der Waals surface area (Å²) < 4.78 is 10.2. The Balaban J connectivity index is 1.07. The largest absolute Gasteiger partial charge is 0.432 e. The Labute approximate surface area is 308 Å². The van der Waals surface area contributed by atoms with Crippen LogP contribution in [0.3, 0.4) is 0 Å². The monoisotopic (exact) mass is 726 g/mol. The van der Waals surface area contributed by atoms with Gasteiger partial charge in [-0.25, -0.2) is 0 Å². The van der Waals surface area contributed by atoms with Crippen molar-refractivity contribution in [3.05, 3.63) is 148 Å². The number of para-hydroxylation sites is 1. The van der Waals surface area contributed by atoms with E-state index in [-0.39, 0.29) is 42.0 Å². The van der Waals surface area contributed by atoms with Crippen LogP contribution in [0.1, 0.15) is 41.6 Å². The third-order valence-electron chi connectivity index (χ3n) is 11.0. The zero-order valence-electron chi connectivity index (χ0n) is 29.9. The van der Waals surface area contributed by atoms with Gasteiger partial charge in [-0.05, 0) is 54.9 Å². The molecule has 53 heavy (non-hydrogen) atoms. The number of aryl methyl sites for hydroxylation is 1. The summed E-state index contributed by atoms with van der Waals surface area (Å²) >= 11 is 0. The molecule has 2 aromatic heterocycles. The van der Waals surface area contributed by atoms with E-state index in [4.69, 9.17) is 4.74 Å². The van der Waals surface area contributed by atoms with Crippen molar-refractivity contribution in [1.82, 2.24) is 24.8 Å². The summed E-state index contributed by atoms with van der Waals surface area (Å²) in [5.41, 5.74) is 2.89. The first-order valence-corrected chi connectivity index (χ1v) is 21.1. The van der Waals surface area contributed by atoms with Gasteiger partial charge in [0.25, 0.3) is 11.5 Å². The first-order valence-electron chi connectivity index (χ1n) is 18.0. The Morgan fingerprint density at radius 3 is 2.49 bits per heavy atom.